The minimum atomic E-state index is -0.386. The Hall–Kier alpha value is -2.21. The summed E-state index contributed by atoms with van der Waals surface area (Å²) in [6, 6.07) is 9.09. The normalized spacial score (nSPS) is 13.9. The maximum atomic E-state index is 11.8. The lowest BCUT2D eigenvalue weighted by Crippen LogP contribution is -2.28. The van der Waals surface area contributed by atoms with Gasteiger partial charge in [0.15, 0.2) is 0 Å². The van der Waals surface area contributed by atoms with Gasteiger partial charge in [-0.25, -0.2) is 9.78 Å². The maximum absolute atomic E-state index is 11.8. The molecule has 1 aromatic heterocycles. The summed E-state index contributed by atoms with van der Waals surface area (Å²) in [6.45, 7) is 3.67. The Morgan fingerprint density at radius 1 is 1.17 bits per heavy atom. The summed E-state index contributed by atoms with van der Waals surface area (Å²) in [5.74, 6) is 0.373. The fraction of sp³-hybridized carbons (Fsp3) is 0.238. The summed E-state index contributed by atoms with van der Waals surface area (Å²) in [5.41, 5.74) is 3.25. The molecule has 2 heterocycles. The first-order valence-corrected chi connectivity index (χ1v) is 10.4. The number of rotatable bonds is 4. The molecular weight excluding hydrogens is 433 g/mol. The second-order valence-corrected chi connectivity index (χ2v) is 7.83. The molecule has 0 unspecified atom stereocenters. The number of hydrogen-bond donors (Lipinski definition) is 0. The highest BCUT2D eigenvalue weighted by Crippen LogP contribution is 2.39. The van der Waals surface area contributed by atoms with Gasteiger partial charge in [0.2, 0.25) is 5.95 Å². The Labute approximate surface area is 183 Å². The molecule has 3 aromatic rings. The van der Waals surface area contributed by atoms with Gasteiger partial charge in [-0.3, -0.25) is 0 Å². The third-order valence-electron chi connectivity index (χ3n) is 4.75. The van der Waals surface area contributed by atoms with Gasteiger partial charge in [0.25, 0.3) is 0 Å². The number of carbonyl (C=O) groups excluding carboxylic acids is 1. The zero-order chi connectivity index (χ0) is 20.5. The van der Waals surface area contributed by atoms with E-state index in [4.69, 9.17) is 44.5 Å². The highest BCUT2D eigenvalue weighted by atomic mass is 35.5. The van der Waals surface area contributed by atoms with Crippen LogP contribution in [0, 0.1) is 0 Å². The van der Waals surface area contributed by atoms with Crippen LogP contribution in [0.1, 0.15) is 18.9 Å². The van der Waals surface area contributed by atoms with Crippen LogP contribution in [0.2, 0.25) is 15.1 Å². The molecule has 0 bridgehead atoms. The summed E-state index contributed by atoms with van der Waals surface area (Å²) < 4.78 is 7.09. The first-order valence-electron chi connectivity index (χ1n) is 9.25. The molecule has 5 nitrogen and oxygen atoms in total. The Kier molecular flexibility index (Phi) is 5.72. The number of aromatic nitrogens is 2. The molecule has 1 aliphatic rings. The van der Waals surface area contributed by atoms with Crippen molar-refractivity contribution in [3.05, 3.63) is 57.0 Å². The van der Waals surface area contributed by atoms with Crippen LogP contribution in [0.5, 0.6) is 0 Å². The van der Waals surface area contributed by atoms with E-state index in [2.05, 4.69) is 9.47 Å². The Morgan fingerprint density at radius 2 is 2.00 bits per heavy atom. The molecule has 8 heteroatoms. The number of anilines is 2. The minimum absolute atomic E-state index is 0.331. The summed E-state index contributed by atoms with van der Waals surface area (Å²) in [6.07, 6.45) is 4.06. The number of benzene rings is 2. The molecule has 1 aliphatic heterocycles. The van der Waals surface area contributed by atoms with E-state index >= 15 is 0 Å². The number of halogens is 3. The standard InChI is InChI=1S/C21H18Cl3N3O2/c1-2-29-18(28)9-5-13-4-7-15(23)19-20(13)27-11-3-10-26(21(27)25-19)17-8-6-14(22)12-16(17)24/h4-9,12H,2-3,10-11H2,1H3/b9-5+. The van der Waals surface area contributed by atoms with Crippen LogP contribution in [0.4, 0.5) is 11.6 Å². The van der Waals surface area contributed by atoms with E-state index in [0.29, 0.717) is 27.2 Å². The van der Waals surface area contributed by atoms with Gasteiger partial charge >= 0.3 is 5.97 Å². The number of fused-ring (bicyclic) bond motifs is 3. The van der Waals surface area contributed by atoms with Gasteiger partial charge < -0.3 is 14.2 Å². The summed E-state index contributed by atoms with van der Waals surface area (Å²) in [7, 11) is 0. The quantitative estimate of drug-likeness (QED) is 0.355. The molecule has 0 aliphatic carbocycles. The Balaban J connectivity index is 1.85. The molecule has 0 amide bonds. The summed E-state index contributed by atoms with van der Waals surface area (Å²) in [5, 5.41) is 1.70. The van der Waals surface area contributed by atoms with Gasteiger partial charge in [-0.15, -0.1) is 0 Å². The first kappa shape index (κ1) is 20.1. The Morgan fingerprint density at radius 3 is 2.76 bits per heavy atom. The molecular formula is C21H18Cl3N3O2. The number of carbonyl (C=O) groups is 1. The molecule has 0 saturated heterocycles. The molecule has 0 saturated carbocycles. The van der Waals surface area contributed by atoms with Crippen molar-refractivity contribution < 1.29 is 9.53 Å². The topological polar surface area (TPSA) is 47.4 Å². The van der Waals surface area contributed by atoms with Crippen molar-refractivity contribution in [1.82, 2.24) is 9.55 Å². The SMILES string of the molecule is CCOC(=O)/C=C/c1ccc(Cl)c2nc3n(c12)CCCN3c1ccc(Cl)cc1Cl. The number of hydrogen-bond acceptors (Lipinski definition) is 4. The first-order chi connectivity index (χ1) is 14.0. The van der Waals surface area contributed by atoms with Gasteiger partial charge in [-0.1, -0.05) is 40.9 Å². The summed E-state index contributed by atoms with van der Waals surface area (Å²) >= 11 is 19.0. The van der Waals surface area contributed by atoms with Crippen LogP contribution in [-0.4, -0.2) is 28.7 Å². The third-order valence-corrected chi connectivity index (χ3v) is 5.59. The molecule has 2 aromatic carbocycles. The van der Waals surface area contributed by atoms with Crippen molar-refractivity contribution >= 4 is 69.5 Å². The van der Waals surface area contributed by atoms with Crippen molar-refractivity contribution in [2.24, 2.45) is 0 Å². The molecule has 0 N–H and O–H groups in total. The van der Waals surface area contributed by atoms with Crippen molar-refractivity contribution in [3.63, 3.8) is 0 Å². The largest absolute Gasteiger partial charge is 0.463 e. The monoisotopic (exact) mass is 449 g/mol. The van der Waals surface area contributed by atoms with Gasteiger partial charge in [0.1, 0.15) is 5.52 Å². The molecule has 0 radical (unpaired) electrons. The predicted molar refractivity (Wildman–Crippen MR) is 118 cm³/mol. The van der Waals surface area contributed by atoms with Crippen molar-refractivity contribution in [2.75, 3.05) is 18.1 Å². The molecule has 0 atom stereocenters. The van der Waals surface area contributed by atoms with E-state index in [0.717, 1.165) is 42.2 Å². The molecule has 4 rings (SSSR count). The highest BCUT2D eigenvalue weighted by molar-refractivity contribution is 6.36. The number of esters is 1. The van der Waals surface area contributed by atoms with Crippen LogP contribution < -0.4 is 4.90 Å². The molecule has 29 heavy (non-hydrogen) atoms. The predicted octanol–water partition coefficient (Wildman–Crippen LogP) is 6.11. The lowest BCUT2D eigenvalue weighted by molar-refractivity contribution is -0.137. The lowest BCUT2D eigenvalue weighted by atomic mass is 10.1. The zero-order valence-corrected chi connectivity index (χ0v) is 17.9. The van der Waals surface area contributed by atoms with E-state index in [9.17, 15) is 4.79 Å². The van der Waals surface area contributed by atoms with Crippen LogP contribution in [0.15, 0.2) is 36.4 Å². The fourth-order valence-corrected chi connectivity index (χ4v) is 4.24. The third kappa shape index (κ3) is 3.82. The van der Waals surface area contributed by atoms with E-state index in [1.807, 2.05) is 18.2 Å². The Bertz CT molecular complexity index is 1120. The highest BCUT2D eigenvalue weighted by Gasteiger charge is 2.26. The lowest BCUT2D eigenvalue weighted by Gasteiger charge is -2.30. The molecule has 0 fully saturated rings. The second-order valence-electron chi connectivity index (χ2n) is 6.58. The zero-order valence-electron chi connectivity index (χ0n) is 15.7. The second kappa shape index (κ2) is 8.27. The van der Waals surface area contributed by atoms with E-state index in [1.165, 1.54) is 6.08 Å². The number of imidazole rings is 1. The average molecular weight is 451 g/mol. The van der Waals surface area contributed by atoms with Crippen LogP contribution >= 0.6 is 34.8 Å². The van der Waals surface area contributed by atoms with Crippen molar-refractivity contribution in [2.45, 2.75) is 19.9 Å². The van der Waals surface area contributed by atoms with Gasteiger partial charge in [-0.05, 0) is 43.7 Å². The van der Waals surface area contributed by atoms with Crippen LogP contribution in [0.25, 0.3) is 17.1 Å². The van der Waals surface area contributed by atoms with E-state index in [-0.39, 0.29) is 5.97 Å². The van der Waals surface area contributed by atoms with E-state index < -0.39 is 0 Å². The maximum Gasteiger partial charge on any atom is 0.330 e. The number of ether oxygens (including phenoxy) is 1. The minimum Gasteiger partial charge on any atom is -0.463 e. The number of aryl methyl sites for hydroxylation is 1. The number of nitrogens with zero attached hydrogens (tertiary/aromatic N) is 3. The smallest absolute Gasteiger partial charge is 0.330 e. The summed E-state index contributed by atoms with van der Waals surface area (Å²) in [4.78, 5) is 18.6. The molecule has 150 valence electrons. The van der Waals surface area contributed by atoms with Crippen LogP contribution in [0.3, 0.4) is 0 Å². The average Bonchev–Trinajstić information content (AvgIpc) is 3.09. The molecule has 0 spiro atoms. The van der Waals surface area contributed by atoms with Crippen LogP contribution in [-0.2, 0) is 16.1 Å². The fourth-order valence-electron chi connectivity index (χ4n) is 3.54. The van der Waals surface area contributed by atoms with Gasteiger partial charge in [0.05, 0.1) is 27.9 Å². The van der Waals surface area contributed by atoms with Gasteiger partial charge in [0, 0.05) is 29.8 Å². The van der Waals surface area contributed by atoms with E-state index in [1.54, 1.807) is 25.1 Å². The van der Waals surface area contributed by atoms with Crippen molar-refractivity contribution in [3.8, 4) is 0 Å². The van der Waals surface area contributed by atoms with Gasteiger partial charge in [-0.2, -0.15) is 0 Å². The van der Waals surface area contributed by atoms with Crippen molar-refractivity contribution in [1.29, 1.82) is 0 Å².